The maximum absolute atomic E-state index is 13.1. The Bertz CT molecular complexity index is 616. The molecule has 0 spiro atoms. The van der Waals surface area contributed by atoms with Crippen LogP contribution in [0.1, 0.15) is 15.9 Å². The summed E-state index contributed by atoms with van der Waals surface area (Å²) in [6.45, 7) is 0.527. The zero-order valence-electron chi connectivity index (χ0n) is 9.99. The summed E-state index contributed by atoms with van der Waals surface area (Å²) in [6, 6.07) is 11.8. The summed E-state index contributed by atoms with van der Waals surface area (Å²) in [6.07, 6.45) is 0. The normalized spacial score (nSPS) is 10.2. The summed E-state index contributed by atoms with van der Waals surface area (Å²) in [7, 11) is 0. The number of hydrogen-bond acceptors (Lipinski definition) is 2. The van der Waals surface area contributed by atoms with E-state index < -0.39 is 5.91 Å². The van der Waals surface area contributed by atoms with Crippen molar-refractivity contribution in [2.45, 2.75) is 6.54 Å². The molecule has 0 aromatic heterocycles. The molecule has 19 heavy (non-hydrogen) atoms. The Morgan fingerprint density at radius 2 is 2.05 bits per heavy atom. The first kappa shape index (κ1) is 13.5. The second-order valence-electron chi connectivity index (χ2n) is 4.05. The third kappa shape index (κ3) is 3.54. The van der Waals surface area contributed by atoms with Gasteiger partial charge in [-0.05, 0) is 51.8 Å². The minimum Gasteiger partial charge on any atom is -0.381 e. The van der Waals surface area contributed by atoms with Gasteiger partial charge in [0, 0.05) is 17.8 Å². The number of anilines is 1. The van der Waals surface area contributed by atoms with Crippen molar-refractivity contribution in [3.63, 3.8) is 0 Å². The average Bonchev–Trinajstić information content (AvgIpc) is 2.40. The summed E-state index contributed by atoms with van der Waals surface area (Å²) in [5.41, 5.74) is 7.41. The fourth-order valence-corrected chi connectivity index (χ4v) is 2.02. The molecule has 0 unspecified atom stereocenters. The van der Waals surface area contributed by atoms with E-state index >= 15 is 0 Å². The summed E-state index contributed by atoms with van der Waals surface area (Å²) < 4.78 is 13.5. The van der Waals surface area contributed by atoms with Gasteiger partial charge in [-0.25, -0.2) is 4.39 Å². The Hall–Kier alpha value is -1.88. The molecular weight excluding hydrogens is 311 g/mol. The third-order valence-corrected chi connectivity index (χ3v) is 3.24. The van der Waals surface area contributed by atoms with Crippen LogP contribution < -0.4 is 11.1 Å². The van der Waals surface area contributed by atoms with E-state index in [1.807, 2.05) is 6.07 Å². The molecule has 5 heteroatoms. The molecule has 3 nitrogen and oxygen atoms in total. The SMILES string of the molecule is NC(=O)c1cccc(CNc2ccc(F)c(Br)c2)c1. The van der Waals surface area contributed by atoms with Crippen molar-refractivity contribution in [1.29, 1.82) is 0 Å². The van der Waals surface area contributed by atoms with Crippen LogP contribution in [0, 0.1) is 5.82 Å². The first-order valence-electron chi connectivity index (χ1n) is 5.64. The van der Waals surface area contributed by atoms with Crippen molar-refractivity contribution in [3.8, 4) is 0 Å². The van der Waals surface area contributed by atoms with Crippen LogP contribution in [0.2, 0.25) is 0 Å². The molecule has 2 aromatic rings. The Kier molecular flexibility index (Phi) is 4.16. The number of primary amides is 1. The van der Waals surface area contributed by atoms with Crippen LogP contribution >= 0.6 is 15.9 Å². The number of rotatable bonds is 4. The van der Waals surface area contributed by atoms with Crippen molar-refractivity contribution in [3.05, 3.63) is 63.9 Å². The summed E-state index contributed by atoms with van der Waals surface area (Å²) in [4.78, 5) is 11.1. The molecule has 2 rings (SSSR count). The van der Waals surface area contributed by atoms with Crippen LogP contribution in [-0.2, 0) is 6.54 Å². The van der Waals surface area contributed by atoms with Gasteiger partial charge in [0.2, 0.25) is 5.91 Å². The summed E-state index contributed by atoms with van der Waals surface area (Å²) >= 11 is 3.13. The maximum atomic E-state index is 13.1. The molecule has 0 saturated carbocycles. The number of benzene rings is 2. The van der Waals surface area contributed by atoms with Gasteiger partial charge < -0.3 is 11.1 Å². The van der Waals surface area contributed by atoms with Gasteiger partial charge in [-0.15, -0.1) is 0 Å². The Morgan fingerprint density at radius 3 is 2.74 bits per heavy atom. The topological polar surface area (TPSA) is 55.1 Å². The molecule has 0 atom stereocenters. The number of carbonyl (C=O) groups is 1. The van der Waals surface area contributed by atoms with E-state index in [1.165, 1.54) is 6.07 Å². The molecule has 0 fully saturated rings. The Balaban J connectivity index is 2.07. The molecule has 0 aliphatic heterocycles. The van der Waals surface area contributed by atoms with Crippen molar-refractivity contribution in [2.75, 3.05) is 5.32 Å². The second-order valence-corrected chi connectivity index (χ2v) is 4.90. The van der Waals surface area contributed by atoms with Gasteiger partial charge in [0.15, 0.2) is 0 Å². The molecule has 0 heterocycles. The van der Waals surface area contributed by atoms with Gasteiger partial charge in [-0.3, -0.25) is 4.79 Å². The summed E-state index contributed by atoms with van der Waals surface area (Å²) in [5.74, 6) is -0.757. The quantitative estimate of drug-likeness (QED) is 0.907. The number of halogens is 2. The minimum atomic E-state index is -0.452. The minimum absolute atomic E-state index is 0.304. The second kappa shape index (κ2) is 5.84. The number of hydrogen-bond donors (Lipinski definition) is 2. The lowest BCUT2D eigenvalue weighted by molar-refractivity contribution is 0.1000. The van der Waals surface area contributed by atoms with Crippen molar-refractivity contribution in [2.24, 2.45) is 5.73 Å². The molecule has 0 bridgehead atoms. The Morgan fingerprint density at radius 1 is 1.26 bits per heavy atom. The largest absolute Gasteiger partial charge is 0.381 e. The van der Waals surface area contributed by atoms with E-state index in [2.05, 4.69) is 21.2 Å². The van der Waals surface area contributed by atoms with Crippen molar-refractivity contribution in [1.82, 2.24) is 0 Å². The first-order valence-corrected chi connectivity index (χ1v) is 6.43. The molecule has 0 saturated heterocycles. The fourth-order valence-electron chi connectivity index (χ4n) is 1.64. The van der Waals surface area contributed by atoms with Gasteiger partial charge in [0.05, 0.1) is 4.47 Å². The number of nitrogens with two attached hydrogens (primary N) is 1. The van der Waals surface area contributed by atoms with Gasteiger partial charge in [-0.1, -0.05) is 12.1 Å². The first-order chi connectivity index (χ1) is 9.06. The monoisotopic (exact) mass is 322 g/mol. The predicted molar refractivity (Wildman–Crippen MR) is 76.4 cm³/mol. The molecule has 0 aliphatic rings. The van der Waals surface area contributed by atoms with Crippen LogP contribution in [-0.4, -0.2) is 5.91 Å². The lowest BCUT2D eigenvalue weighted by atomic mass is 10.1. The van der Waals surface area contributed by atoms with E-state index in [1.54, 1.807) is 30.3 Å². The van der Waals surface area contributed by atoms with E-state index in [0.29, 0.717) is 16.6 Å². The Labute approximate surface area is 118 Å². The lowest BCUT2D eigenvalue weighted by Crippen LogP contribution is -2.11. The van der Waals surface area contributed by atoms with E-state index in [0.717, 1.165) is 11.3 Å². The highest BCUT2D eigenvalue weighted by Gasteiger charge is 2.03. The van der Waals surface area contributed by atoms with Crippen LogP contribution in [0.4, 0.5) is 10.1 Å². The zero-order chi connectivity index (χ0) is 13.8. The van der Waals surface area contributed by atoms with E-state index in [9.17, 15) is 9.18 Å². The van der Waals surface area contributed by atoms with E-state index in [-0.39, 0.29) is 5.82 Å². The fraction of sp³-hybridized carbons (Fsp3) is 0.0714. The molecule has 3 N–H and O–H groups in total. The van der Waals surface area contributed by atoms with Gasteiger partial charge in [-0.2, -0.15) is 0 Å². The molecule has 0 aliphatic carbocycles. The van der Waals surface area contributed by atoms with Crippen LogP contribution in [0.25, 0.3) is 0 Å². The van der Waals surface area contributed by atoms with Crippen molar-refractivity contribution >= 4 is 27.5 Å². The van der Waals surface area contributed by atoms with Crippen LogP contribution in [0.15, 0.2) is 46.9 Å². The smallest absolute Gasteiger partial charge is 0.248 e. The predicted octanol–water partition coefficient (Wildman–Crippen LogP) is 3.30. The van der Waals surface area contributed by atoms with Gasteiger partial charge >= 0.3 is 0 Å². The maximum Gasteiger partial charge on any atom is 0.248 e. The third-order valence-electron chi connectivity index (χ3n) is 2.63. The van der Waals surface area contributed by atoms with Gasteiger partial charge in [0.1, 0.15) is 5.82 Å². The zero-order valence-corrected chi connectivity index (χ0v) is 11.6. The highest BCUT2D eigenvalue weighted by atomic mass is 79.9. The number of carbonyl (C=O) groups excluding carboxylic acids is 1. The van der Waals surface area contributed by atoms with E-state index in [4.69, 9.17) is 5.73 Å². The highest BCUT2D eigenvalue weighted by molar-refractivity contribution is 9.10. The molecule has 98 valence electrons. The summed E-state index contributed by atoms with van der Waals surface area (Å²) in [5, 5.41) is 3.15. The number of nitrogens with one attached hydrogen (secondary N) is 1. The molecule has 0 radical (unpaired) electrons. The highest BCUT2D eigenvalue weighted by Crippen LogP contribution is 2.20. The standard InChI is InChI=1S/C14H12BrFN2O/c15-12-7-11(4-5-13(12)16)18-8-9-2-1-3-10(6-9)14(17)19/h1-7,18H,8H2,(H2,17,19). The van der Waals surface area contributed by atoms with Crippen LogP contribution in [0.3, 0.4) is 0 Å². The average molecular weight is 323 g/mol. The molecule has 2 aromatic carbocycles. The molecule has 1 amide bonds. The number of amides is 1. The van der Waals surface area contributed by atoms with Gasteiger partial charge in [0.25, 0.3) is 0 Å². The van der Waals surface area contributed by atoms with Crippen LogP contribution in [0.5, 0.6) is 0 Å². The molecular formula is C14H12BrFN2O. The lowest BCUT2D eigenvalue weighted by Gasteiger charge is -2.08. The van der Waals surface area contributed by atoms with Crippen molar-refractivity contribution < 1.29 is 9.18 Å².